The van der Waals surface area contributed by atoms with Gasteiger partial charge in [-0.3, -0.25) is 4.79 Å². The summed E-state index contributed by atoms with van der Waals surface area (Å²) in [7, 11) is 0. The Morgan fingerprint density at radius 3 is 2.62 bits per heavy atom. The first-order chi connectivity index (χ1) is 11.6. The van der Waals surface area contributed by atoms with Crippen LogP contribution in [0.3, 0.4) is 0 Å². The SMILES string of the molecule is N#Cc1ccc(CC(=O)NCCCNc2ncc(Cl)c(Cl)n2)cc1. The lowest BCUT2D eigenvalue weighted by Gasteiger charge is -2.07. The summed E-state index contributed by atoms with van der Waals surface area (Å²) in [5, 5.41) is 15.1. The van der Waals surface area contributed by atoms with Crippen molar-refractivity contribution in [2.45, 2.75) is 12.8 Å². The van der Waals surface area contributed by atoms with Gasteiger partial charge in [0.25, 0.3) is 0 Å². The molecule has 0 unspecified atom stereocenters. The highest BCUT2D eigenvalue weighted by Gasteiger charge is 2.04. The van der Waals surface area contributed by atoms with Gasteiger partial charge in [0.2, 0.25) is 11.9 Å². The summed E-state index contributed by atoms with van der Waals surface area (Å²) >= 11 is 11.5. The summed E-state index contributed by atoms with van der Waals surface area (Å²) in [5.74, 6) is 0.332. The minimum Gasteiger partial charge on any atom is -0.356 e. The number of carbonyl (C=O) groups excluding carboxylic acids is 1. The molecule has 0 atom stereocenters. The first-order valence-corrected chi connectivity index (χ1v) is 8.01. The molecule has 0 saturated heterocycles. The van der Waals surface area contributed by atoms with Crippen LogP contribution in [-0.4, -0.2) is 29.0 Å². The van der Waals surface area contributed by atoms with Gasteiger partial charge in [0, 0.05) is 13.1 Å². The van der Waals surface area contributed by atoms with Crippen LogP contribution in [0.25, 0.3) is 0 Å². The third kappa shape index (κ3) is 5.69. The van der Waals surface area contributed by atoms with Crippen molar-refractivity contribution in [2.24, 2.45) is 0 Å². The fraction of sp³-hybridized carbons (Fsp3) is 0.250. The fourth-order valence-electron chi connectivity index (χ4n) is 1.89. The second-order valence-electron chi connectivity index (χ2n) is 4.95. The molecule has 0 spiro atoms. The van der Waals surface area contributed by atoms with Crippen molar-refractivity contribution in [1.82, 2.24) is 15.3 Å². The average molecular weight is 364 g/mol. The molecule has 0 fully saturated rings. The Bertz CT molecular complexity index is 743. The number of nitriles is 1. The zero-order valence-corrected chi connectivity index (χ0v) is 14.2. The maximum absolute atomic E-state index is 11.8. The summed E-state index contributed by atoms with van der Waals surface area (Å²) in [4.78, 5) is 19.8. The lowest BCUT2D eigenvalue weighted by atomic mass is 10.1. The highest BCUT2D eigenvalue weighted by molar-refractivity contribution is 6.41. The van der Waals surface area contributed by atoms with Crippen molar-refractivity contribution in [3.63, 3.8) is 0 Å². The van der Waals surface area contributed by atoms with Crippen molar-refractivity contribution in [2.75, 3.05) is 18.4 Å². The van der Waals surface area contributed by atoms with Crippen molar-refractivity contribution in [3.05, 3.63) is 51.8 Å². The summed E-state index contributed by atoms with van der Waals surface area (Å²) in [6.07, 6.45) is 2.43. The number of anilines is 1. The van der Waals surface area contributed by atoms with Crippen LogP contribution in [0.4, 0.5) is 5.95 Å². The molecule has 1 amide bonds. The third-order valence-corrected chi connectivity index (χ3v) is 3.77. The van der Waals surface area contributed by atoms with E-state index >= 15 is 0 Å². The van der Waals surface area contributed by atoms with Crippen LogP contribution in [0, 0.1) is 11.3 Å². The molecular formula is C16H15Cl2N5O. The van der Waals surface area contributed by atoms with Crippen LogP contribution in [0.1, 0.15) is 17.5 Å². The quantitative estimate of drug-likeness (QED) is 0.582. The smallest absolute Gasteiger partial charge is 0.224 e. The summed E-state index contributed by atoms with van der Waals surface area (Å²) in [6, 6.07) is 9.00. The molecule has 0 aliphatic rings. The molecule has 0 saturated carbocycles. The number of amides is 1. The van der Waals surface area contributed by atoms with E-state index in [9.17, 15) is 4.79 Å². The molecule has 2 aromatic rings. The van der Waals surface area contributed by atoms with Crippen LogP contribution in [0.5, 0.6) is 0 Å². The van der Waals surface area contributed by atoms with Crippen LogP contribution >= 0.6 is 23.2 Å². The van der Waals surface area contributed by atoms with Gasteiger partial charge in [-0.25, -0.2) is 4.98 Å². The number of nitrogens with zero attached hydrogens (tertiary/aromatic N) is 3. The van der Waals surface area contributed by atoms with Gasteiger partial charge in [-0.05, 0) is 24.1 Å². The number of hydrogen-bond acceptors (Lipinski definition) is 5. The molecular weight excluding hydrogens is 349 g/mol. The Balaban J connectivity index is 1.65. The minimum atomic E-state index is -0.0644. The Hall–Kier alpha value is -2.36. The van der Waals surface area contributed by atoms with Gasteiger partial charge in [0.15, 0.2) is 5.15 Å². The highest BCUT2D eigenvalue weighted by Crippen LogP contribution is 2.18. The number of rotatable bonds is 7. The largest absolute Gasteiger partial charge is 0.356 e. The third-order valence-electron chi connectivity index (χ3n) is 3.11. The Morgan fingerprint density at radius 2 is 1.96 bits per heavy atom. The molecule has 2 rings (SSSR count). The Labute approximate surface area is 149 Å². The molecule has 2 N–H and O–H groups in total. The molecule has 1 aromatic carbocycles. The van der Waals surface area contributed by atoms with Crippen molar-refractivity contribution in [3.8, 4) is 6.07 Å². The summed E-state index contributed by atoms with van der Waals surface area (Å²) in [6.45, 7) is 1.12. The van der Waals surface area contributed by atoms with E-state index in [4.69, 9.17) is 28.5 Å². The van der Waals surface area contributed by atoms with E-state index in [1.807, 2.05) is 6.07 Å². The second kappa shape index (κ2) is 9.06. The second-order valence-corrected chi connectivity index (χ2v) is 5.71. The molecule has 0 bridgehead atoms. The van der Waals surface area contributed by atoms with E-state index in [-0.39, 0.29) is 17.5 Å². The predicted molar refractivity (Wildman–Crippen MR) is 93.0 cm³/mol. The molecule has 1 heterocycles. The Kier molecular flexibility index (Phi) is 6.79. The Morgan fingerprint density at radius 1 is 1.21 bits per heavy atom. The lowest BCUT2D eigenvalue weighted by Crippen LogP contribution is -2.27. The molecule has 8 heteroatoms. The predicted octanol–water partition coefficient (Wildman–Crippen LogP) is 2.82. The topological polar surface area (TPSA) is 90.7 Å². The molecule has 0 radical (unpaired) electrons. The maximum atomic E-state index is 11.8. The maximum Gasteiger partial charge on any atom is 0.224 e. The fourth-order valence-corrected chi connectivity index (χ4v) is 2.11. The normalized spacial score (nSPS) is 10.0. The molecule has 124 valence electrons. The van der Waals surface area contributed by atoms with E-state index in [1.165, 1.54) is 6.20 Å². The molecule has 24 heavy (non-hydrogen) atoms. The highest BCUT2D eigenvalue weighted by atomic mass is 35.5. The zero-order chi connectivity index (χ0) is 17.4. The number of hydrogen-bond donors (Lipinski definition) is 2. The number of benzene rings is 1. The van der Waals surface area contributed by atoms with E-state index in [0.717, 1.165) is 5.56 Å². The molecule has 0 aliphatic heterocycles. The van der Waals surface area contributed by atoms with Crippen LogP contribution in [-0.2, 0) is 11.2 Å². The number of carbonyl (C=O) groups is 1. The molecule has 6 nitrogen and oxygen atoms in total. The van der Waals surface area contributed by atoms with Crippen molar-refractivity contribution in [1.29, 1.82) is 5.26 Å². The first kappa shape index (κ1) is 18.0. The van der Waals surface area contributed by atoms with Crippen LogP contribution in [0.2, 0.25) is 10.2 Å². The standard InChI is InChI=1S/C16H15Cl2N5O/c17-13-10-22-16(23-15(13)18)21-7-1-6-20-14(24)8-11-2-4-12(9-19)5-3-11/h2-5,10H,1,6-8H2,(H,20,24)(H,21,22,23). The first-order valence-electron chi connectivity index (χ1n) is 7.26. The van der Waals surface area contributed by atoms with E-state index in [1.54, 1.807) is 24.3 Å². The van der Waals surface area contributed by atoms with E-state index in [0.29, 0.717) is 36.0 Å². The summed E-state index contributed by atoms with van der Waals surface area (Å²) < 4.78 is 0. The molecule has 1 aromatic heterocycles. The van der Waals surface area contributed by atoms with Gasteiger partial charge < -0.3 is 10.6 Å². The summed E-state index contributed by atoms with van der Waals surface area (Å²) in [5.41, 5.74) is 1.45. The number of aromatic nitrogens is 2. The van der Waals surface area contributed by atoms with Crippen molar-refractivity contribution < 1.29 is 4.79 Å². The monoisotopic (exact) mass is 363 g/mol. The van der Waals surface area contributed by atoms with E-state index in [2.05, 4.69) is 20.6 Å². The van der Waals surface area contributed by atoms with Crippen LogP contribution < -0.4 is 10.6 Å². The molecule has 0 aliphatic carbocycles. The van der Waals surface area contributed by atoms with Gasteiger partial charge in [0.1, 0.15) is 0 Å². The minimum absolute atomic E-state index is 0.0644. The van der Waals surface area contributed by atoms with Gasteiger partial charge in [0.05, 0.1) is 29.3 Å². The van der Waals surface area contributed by atoms with Gasteiger partial charge in [-0.15, -0.1) is 0 Å². The zero-order valence-electron chi connectivity index (χ0n) is 12.7. The van der Waals surface area contributed by atoms with Gasteiger partial charge in [-0.2, -0.15) is 10.2 Å². The van der Waals surface area contributed by atoms with Gasteiger partial charge >= 0.3 is 0 Å². The van der Waals surface area contributed by atoms with E-state index < -0.39 is 0 Å². The van der Waals surface area contributed by atoms with Gasteiger partial charge in [-0.1, -0.05) is 35.3 Å². The number of halogens is 2. The van der Waals surface area contributed by atoms with Crippen molar-refractivity contribution >= 4 is 35.1 Å². The number of nitrogens with one attached hydrogen (secondary N) is 2. The average Bonchev–Trinajstić information content (AvgIpc) is 2.58. The van der Waals surface area contributed by atoms with Crippen LogP contribution in [0.15, 0.2) is 30.5 Å². The lowest BCUT2D eigenvalue weighted by molar-refractivity contribution is -0.120.